The van der Waals surface area contributed by atoms with Gasteiger partial charge in [0.25, 0.3) is 0 Å². The predicted molar refractivity (Wildman–Crippen MR) is 95.5 cm³/mol. The number of rotatable bonds is 6. The number of hydrogen-bond acceptors (Lipinski definition) is 4. The van der Waals surface area contributed by atoms with Gasteiger partial charge in [-0.05, 0) is 29.8 Å². The molecule has 0 spiro atoms. The smallest absolute Gasteiger partial charge is 0.191 e. The highest BCUT2D eigenvalue weighted by Crippen LogP contribution is 2.23. The summed E-state index contributed by atoms with van der Waals surface area (Å²) >= 11 is 5.16. The van der Waals surface area contributed by atoms with Crippen LogP contribution < -0.4 is 4.74 Å². The topological polar surface area (TPSA) is 39.9 Å². The molecule has 0 atom stereocenters. The molecule has 0 unspecified atom stereocenters. The summed E-state index contributed by atoms with van der Waals surface area (Å²) < 4.78 is 8.79. The molecule has 0 aliphatic carbocycles. The molecule has 0 saturated carbocycles. The molecule has 0 aliphatic rings. The first-order valence-electron chi connectivity index (χ1n) is 7.16. The minimum absolute atomic E-state index is 0.408. The van der Waals surface area contributed by atoms with Crippen molar-refractivity contribution in [2.45, 2.75) is 17.5 Å². The lowest BCUT2D eigenvalue weighted by atomic mass is 10.2. The summed E-state index contributed by atoms with van der Waals surface area (Å²) in [5.41, 5.74) is 1.24. The maximum absolute atomic E-state index is 5.73. The molecule has 0 radical (unpaired) electrons. The third-order valence-electron chi connectivity index (χ3n) is 3.29. The van der Waals surface area contributed by atoms with Gasteiger partial charge in [0.1, 0.15) is 12.4 Å². The van der Waals surface area contributed by atoms with Gasteiger partial charge in [0, 0.05) is 17.3 Å². The van der Waals surface area contributed by atoms with Crippen LogP contribution in [0.4, 0.5) is 0 Å². The van der Waals surface area contributed by atoms with Gasteiger partial charge >= 0.3 is 0 Å². The molecule has 6 heteroatoms. The molecule has 0 fully saturated rings. The third kappa shape index (κ3) is 4.36. The molecule has 0 amide bonds. The molecule has 0 saturated heterocycles. The number of ether oxygens (including phenoxy) is 1. The van der Waals surface area contributed by atoms with E-state index in [4.69, 9.17) is 4.74 Å². The van der Waals surface area contributed by atoms with E-state index in [1.807, 2.05) is 54.1 Å². The van der Waals surface area contributed by atoms with E-state index in [2.05, 4.69) is 38.3 Å². The molecular weight excluding hydrogens is 374 g/mol. The fourth-order valence-electron chi connectivity index (χ4n) is 2.04. The van der Waals surface area contributed by atoms with Crippen LogP contribution in [0.2, 0.25) is 0 Å². The van der Waals surface area contributed by atoms with Gasteiger partial charge in [-0.1, -0.05) is 58.0 Å². The Balaban J connectivity index is 1.60. The van der Waals surface area contributed by atoms with Crippen molar-refractivity contribution in [3.05, 3.63) is 70.5 Å². The molecule has 0 N–H and O–H groups in total. The largest absolute Gasteiger partial charge is 0.486 e. The molecule has 0 aliphatic heterocycles. The van der Waals surface area contributed by atoms with Gasteiger partial charge in [-0.3, -0.25) is 0 Å². The summed E-state index contributed by atoms with van der Waals surface area (Å²) in [6, 6.07) is 18.0. The van der Waals surface area contributed by atoms with Crippen LogP contribution in [0, 0.1) is 0 Å². The molecule has 3 aromatic rings. The summed E-state index contributed by atoms with van der Waals surface area (Å²) in [5, 5.41) is 9.35. The van der Waals surface area contributed by atoms with Crippen molar-refractivity contribution in [2.75, 3.05) is 0 Å². The summed E-state index contributed by atoms with van der Waals surface area (Å²) in [6.07, 6.45) is 0. The molecule has 1 heterocycles. The number of para-hydroxylation sites is 1. The minimum atomic E-state index is 0.408. The molecule has 4 nitrogen and oxygen atoms in total. The molecule has 1 aromatic heterocycles. The highest BCUT2D eigenvalue weighted by Gasteiger charge is 2.10. The lowest BCUT2D eigenvalue weighted by molar-refractivity contribution is 0.290. The van der Waals surface area contributed by atoms with Crippen molar-refractivity contribution in [3.8, 4) is 5.75 Å². The Bertz CT molecular complexity index is 777. The van der Waals surface area contributed by atoms with Gasteiger partial charge in [0.2, 0.25) is 0 Å². The number of thioether (sulfide) groups is 1. The number of benzene rings is 2. The summed E-state index contributed by atoms with van der Waals surface area (Å²) in [7, 11) is 1.97. The first kappa shape index (κ1) is 16.1. The second kappa shape index (κ2) is 7.66. The molecule has 0 bridgehead atoms. The first-order valence-corrected chi connectivity index (χ1v) is 8.93. The van der Waals surface area contributed by atoms with Crippen LogP contribution in [0.25, 0.3) is 0 Å². The fraction of sp³-hybridized carbons (Fsp3) is 0.176. The van der Waals surface area contributed by atoms with Crippen molar-refractivity contribution < 1.29 is 4.74 Å². The summed E-state index contributed by atoms with van der Waals surface area (Å²) in [4.78, 5) is 0. The Morgan fingerprint density at radius 2 is 1.91 bits per heavy atom. The second-order valence-electron chi connectivity index (χ2n) is 4.98. The van der Waals surface area contributed by atoms with Gasteiger partial charge in [-0.15, -0.1) is 10.2 Å². The lowest BCUT2D eigenvalue weighted by Gasteiger charge is -2.06. The number of hydrogen-bond donors (Lipinski definition) is 0. The average molecular weight is 390 g/mol. The molecule has 2 aromatic carbocycles. The predicted octanol–water partition coefficient (Wildman–Crippen LogP) is 4.45. The lowest BCUT2D eigenvalue weighted by Crippen LogP contribution is -2.04. The van der Waals surface area contributed by atoms with E-state index in [0.717, 1.165) is 27.0 Å². The highest BCUT2D eigenvalue weighted by molar-refractivity contribution is 9.10. The minimum Gasteiger partial charge on any atom is -0.486 e. The number of halogens is 1. The monoisotopic (exact) mass is 389 g/mol. The maximum atomic E-state index is 5.73. The van der Waals surface area contributed by atoms with Gasteiger partial charge in [-0.2, -0.15) is 0 Å². The van der Waals surface area contributed by atoms with Crippen LogP contribution in [0.1, 0.15) is 11.4 Å². The third-order valence-corrected chi connectivity index (χ3v) is 4.88. The van der Waals surface area contributed by atoms with E-state index in [1.165, 1.54) is 5.56 Å². The SMILES string of the molecule is Cn1c(COc2ccccc2)nnc1SCc1cccc(Br)c1. The Morgan fingerprint density at radius 1 is 1.09 bits per heavy atom. The normalized spacial score (nSPS) is 10.7. The van der Waals surface area contributed by atoms with Crippen LogP contribution in [0.3, 0.4) is 0 Å². The quantitative estimate of drug-likeness (QED) is 0.583. The van der Waals surface area contributed by atoms with E-state index < -0.39 is 0 Å². The van der Waals surface area contributed by atoms with Gasteiger partial charge in [0.05, 0.1) is 0 Å². The van der Waals surface area contributed by atoms with Crippen molar-refractivity contribution in [3.63, 3.8) is 0 Å². The van der Waals surface area contributed by atoms with Crippen LogP contribution in [0.5, 0.6) is 5.75 Å². The van der Waals surface area contributed by atoms with Crippen molar-refractivity contribution in [1.82, 2.24) is 14.8 Å². The highest BCUT2D eigenvalue weighted by atomic mass is 79.9. The van der Waals surface area contributed by atoms with Crippen LogP contribution in [-0.4, -0.2) is 14.8 Å². The van der Waals surface area contributed by atoms with E-state index >= 15 is 0 Å². The van der Waals surface area contributed by atoms with Gasteiger partial charge in [0.15, 0.2) is 11.0 Å². The number of nitrogens with zero attached hydrogens (tertiary/aromatic N) is 3. The van der Waals surface area contributed by atoms with E-state index in [1.54, 1.807) is 11.8 Å². The average Bonchev–Trinajstić information content (AvgIpc) is 2.92. The van der Waals surface area contributed by atoms with Crippen LogP contribution >= 0.6 is 27.7 Å². The van der Waals surface area contributed by atoms with E-state index in [9.17, 15) is 0 Å². The maximum Gasteiger partial charge on any atom is 0.191 e. The van der Waals surface area contributed by atoms with Crippen LogP contribution in [-0.2, 0) is 19.4 Å². The Kier molecular flexibility index (Phi) is 5.35. The second-order valence-corrected chi connectivity index (χ2v) is 6.84. The van der Waals surface area contributed by atoms with E-state index in [-0.39, 0.29) is 0 Å². The first-order chi connectivity index (χ1) is 11.2. The Hall–Kier alpha value is -1.79. The standard InChI is InChI=1S/C17H16BrN3OS/c1-21-16(11-22-15-8-3-2-4-9-15)19-20-17(21)23-12-13-6-5-7-14(18)10-13/h2-10H,11-12H2,1H3. The molecular formula is C17H16BrN3OS. The number of aromatic nitrogens is 3. The zero-order chi connectivity index (χ0) is 16.1. The zero-order valence-electron chi connectivity index (χ0n) is 12.6. The zero-order valence-corrected chi connectivity index (χ0v) is 15.0. The fourth-order valence-corrected chi connectivity index (χ4v) is 3.36. The Labute approximate surface area is 148 Å². The Morgan fingerprint density at radius 3 is 2.70 bits per heavy atom. The van der Waals surface area contributed by atoms with Crippen molar-refractivity contribution in [1.29, 1.82) is 0 Å². The van der Waals surface area contributed by atoms with Gasteiger partial charge in [-0.25, -0.2) is 0 Å². The molecule has 118 valence electrons. The van der Waals surface area contributed by atoms with Crippen LogP contribution in [0.15, 0.2) is 64.2 Å². The van der Waals surface area contributed by atoms with Crippen molar-refractivity contribution in [2.24, 2.45) is 7.05 Å². The van der Waals surface area contributed by atoms with E-state index in [0.29, 0.717) is 6.61 Å². The van der Waals surface area contributed by atoms with Gasteiger partial charge < -0.3 is 9.30 Å². The summed E-state index contributed by atoms with van der Waals surface area (Å²) in [5.74, 6) is 2.50. The summed E-state index contributed by atoms with van der Waals surface area (Å²) in [6.45, 7) is 0.408. The van der Waals surface area contributed by atoms with Crippen molar-refractivity contribution >= 4 is 27.7 Å². The molecule has 3 rings (SSSR count). The molecule has 23 heavy (non-hydrogen) atoms.